The first-order chi connectivity index (χ1) is 15.8. The van der Waals surface area contributed by atoms with Crippen LogP contribution in [-0.4, -0.2) is 54.6 Å². The summed E-state index contributed by atoms with van der Waals surface area (Å²) in [5.41, 5.74) is 0.300. The maximum Gasteiger partial charge on any atom is 0.311 e. The molecule has 0 aliphatic heterocycles. The molecule has 2 aromatic heterocycles. The van der Waals surface area contributed by atoms with E-state index in [1.165, 1.54) is 0 Å². The Balaban J connectivity index is 1.86. The first-order valence-corrected chi connectivity index (χ1v) is 12.4. The van der Waals surface area contributed by atoms with Crippen molar-refractivity contribution < 1.29 is 24.1 Å². The van der Waals surface area contributed by atoms with Gasteiger partial charge in [0.15, 0.2) is 17.2 Å². The van der Waals surface area contributed by atoms with E-state index in [1.54, 1.807) is 56.4 Å². The minimum atomic E-state index is -0.555. The van der Waals surface area contributed by atoms with Gasteiger partial charge in [0, 0.05) is 35.8 Å². The molecule has 0 fully saturated rings. The predicted molar refractivity (Wildman–Crippen MR) is 131 cm³/mol. The van der Waals surface area contributed by atoms with Crippen molar-refractivity contribution in [3.63, 3.8) is 0 Å². The molecule has 3 aromatic rings. The van der Waals surface area contributed by atoms with Crippen LogP contribution in [0.1, 0.15) is 13.8 Å². The maximum absolute atomic E-state index is 13.3. The molecule has 0 spiro atoms. The van der Waals surface area contributed by atoms with Gasteiger partial charge < -0.3 is 24.1 Å². The zero-order valence-electron chi connectivity index (χ0n) is 19.9. The fraction of sp³-hybridized carbons (Fsp3) is 0.417. The number of aromatic hydroxyl groups is 1. The molecule has 9 heteroatoms. The van der Waals surface area contributed by atoms with Crippen LogP contribution in [0.25, 0.3) is 11.0 Å². The predicted octanol–water partition coefficient (Wildman–Crippen LogP) is 3.47. The Bertz CT molecular complexity index is 1150. The second-order valence-corrected chi connectivity index (χ2v) is 10.0. The van der Waals surface area contributed by atoms with Crippen molar-refractivity contribution in [1.82, 2.24) is 9.55 Å². The van der Waals surface area contributed by atoms with Gasteiger partial charge in [0.2, 0.25) is 5.75 Å². The van der Waals surface area contributed by atoms with Gasteiger partial charge in [0.25, 0.3) is 4.90 Å². The van der Waals surface area contributed by atoms with E-state index < -0.39 is 10.9 Å². The van der Waals surface area contributed by atoms with Crippen molar-refractivity contribution in [2.45, 2.75) is 25.3 Å². The first-order valence-electron chi connectivity index (χ1n) is 10.6. The van der Waals surface area contributed by atoms with E-state index in [-0.39, 0.29) is 17.2 Å². The number of ether oxygens (including phenoxy) is 4. The van der Waals surface area contributed by atoms with Crippen molar-refractivity contribution in [1.29, 1.82) is 0 Å². The molecule has 0 saturated carbocycles. The highest BCUT2D eigenvalue weighted by molar-refractivity contribution is 7.96. The highest BCUT2D eigenvalue weighted by Gasteiger charge is 2.29. The van der Waals surface area contributed by atoms with Crippen molar-refractivity contribution in [2.24, 2.45) is 5.92 Å². The van der Waals surface area contributed by atoms with Gasteiger partial charge in [-0.05, 0) is 18.1 Å². The highest BCUT2D eigenvalue weighted by Crippen LogP contribution is 2.40. The minimum Gasteiger partial charge on any atom is -0.503 e. The molecule has 8 nitrogen and oxygen atoms in total. The van der Waals surface area contributed by atoms with Gasteiger partial charge in [-0.2, -0.15) is 0 Å². The van der Waals surface area contributed by atoms with Crippen LogP contribution in [-0.2, 0) is 17.4 Å². The zero-order chi connectivity index (χ0) is 24.1. The molecular formula is C24H31N2O6S+. The molecule has 0 saturated heterocycles. The number of rotatable bonds is 10. The molecule has 0 aliphatic rings. The number of benzene rings is 1. The third kappa shape index (κ3) is 5.13. The summed E-state index contributed by atoms with van der Waals surface area (Å²) in [6.07, 6.45) is 3.57. The van der Waals surface area contributed by atoms with E-state index in [0.29, 0.717) is 57.8 Å². The van der Waals surface area contributed by atoms with Crippen LogP contribution in [0.3, 0.4) is 0 Å². The molecule has 0 amide bonds. The Hall–Kier alpha value is -3.07. The van der Waals surface area contributed by atoms with Crippen molar-refractivity contribution in [2.75, 3.05) is 39.9 Å². The molecule has 1 unspecified atom stereocenters. The molecule has 3 rings (SSSR count). The molecular weight excluding hydrogens is 444 g/mol. The molecule has 1 N–H and O–H groups in total. The SMILES string of the molecule is COc1cc(OCC[S+](C)c2c(O)c3cccnc3n(CC(C)C)c2=O)cc(OC)c1OC. The van der Waals surface area contributed by atoms with Crippen LogP contribution < -0.4 is 24.5 Å². The Morgan fingerprint density at radius 3 is 2.36 bits per heavy atom. The average molecular weight is 476 g/mol. The topological polar surface area (TPSA) is 92.0 Å². The summed E-state index contributed by atoms with van der Waals surface area (Å²) in [5, 5.41) is 11.5. The van der Waals surface area contributed by atoms with Crippen molar-refractivity contribution in [3.8, 4) is 28.7 Å². The fourth-order valence-corrected chi connectivity index (χ4v) is 5.00. The number of nitrogens with zero attached hydrogens (tertiary/aromatic N) is 2. The number of pyridine rings is 2. The molecule has 1 aromatic carbocycles. The van der Waals surface area contributed by atoms with Gasteiger partial charge in [-0.15, -0.1) is 0 Å². The second kappa shape index (κ2) is 10.7. The Labute approximate surface area is 196 Å². The lowest BCUT2D eigenvalue weighted by Gasteiger charge is -2.16. The molecule has 1 atom stereocenters. The quantitative estimate of drug-likeness (QED) is 0.449. The van der Waals surface area contributed by atoms with Gasteiger partial charge in [-0.3, -0.25) is 9.36 Å². The molecule has 2 heterocycles. The lowest BCUT2D eigenvalue weighted by Crippen LogP contribution is -2.30. The van der Waals surface area contributed by atoms with Crippen LogP contribution >= 0.6 is 0 Å². The van der Waals surface area contributed by atoms with Gasteiger partial charge in [-0.1, -0.05) is 13.8 Å². The average Bonchev–Trinajstić information content (AvgIpc) is 2.81. The van der Waals surface area contributed by atoms with E-state index in [2.05, 4.69) is 4.98 Å². The summed E-state index contributed by atoms with van der Waals surface area (Å²) in [7, 11) is 4.08. The Morgan fingerprint density at radius 1 is 1.12 bits per heavy atom. The van der Waals surface area contributed by atoms with Crippen molar-refractivity contribution >= 4 is 21.9 Å². The molecule has 33 heavy (non-hydrogen) atoms. The fourth-order valence-electron chi connectivity index (χ4n) is 3.61. The molecule has 0 radical (unpaired) electrons. The minimum absolute atomic E-state index is 0.00160. The summed E-state index contributed by atoms with van der Waals surface area (Å²) in [4.78, 5) is 18.1. The van der Waals surface area contributed by atoms with Crippen LogP contribution in [0.15, 0.2) is 40.2 Å². The van der Waals surface area contributed by atoms with Crippen LogP contribution in [0.2, 0.25) is 0 Å². The van der Waals surface area contributed by atoms with E-state index in [0.717, 1.165) is 0 Å². The molecule has 0 aliphatic carbocycles. The maximum atomic E-state index is 13.3. The summed E-state index contributed by atoms with van der Waals surface area (Å²) in [5.74, 6) is 2.85. The van der Waals surface area contributed by atoms with E-state index >= 15 is 0 Å². The summed E-state index contributed by atoms with van der Waals surface area (Å²) < 4.78 is 23.7. The number of hydrogen-bond donors (Lipinski definition) is 1. The smallest absolute Gasteiger partial charge is 0.311 e. The lowest BCUT2D eigenvalue weighted by molar-refractivity contribution is 0.309. The van der Waals surface area contributed by atoms with Gasteiger partial charge in [0.1, 0.15) is 30.0 Å². The van der Waals surface area contributed by atoms with Crippen LogP contribution in [0, 0.1) is 5.92 Å². The third-order valence-electron chi connectivity index (χ3n) is 5.14. The third-order valence-corrected chi connectivity index (χ3v) is 6.99. The van der Waals surface area contributed by atoms with Gasteiger partial charge in [0.05, 0.1) is 26.7 Å². The largest absolute Gasteiger partial charge is 0.503 e. The first kappa shape index (κ1) is 24.6. The van der Waals surface area contributed by atoms with Crippen LogP contribution in [0.4, 0.5) is 0 Å². The Kier molecular flexibility index (Phi) is 7.97. The number of aromatic nitrogens is 2. The van der Waals surface area contributed by atoms with E-state index in [9.17, 15) is 9.90 Å². The van der Waals surface area contributed by atoms with Crippen molar-refractivity contribution in [3.05, 3.63) is 40.8 Å². The number of hydrogen-bond acceptors (Lipinski definition) is 7. The zero-order valence-corrected chi connectivity index (χ0v) is 20.7. The second-order valence-electron chi connectivity index (χ2n) is 7.91. The summed E-state index contributed by atoms with van der Waals surface area (Å²) in [6.45, 7) is 4.96. The summed E-state index contributed by atoms with van der Waals surface area (Å²) in [6, 6.07) is 7.01. The van der Waals surface area contributed by atoms with E-state index in [4.69, 9.17) is 18.9 Å². The number of fused-ring (bicyclic) bond motifs is 1. The normalized spacial score (nSPS) is 12.1. The molecule has 178 valence electrons. The lowest BCUT2D eigenvalue weighted by atomic mass is 10.2. The standard InChI is InChI=1S/C24H30N2O6S/c1-15(2)14-26-23-17(8-7-9-25-23)20(27)22(24(26)28)33(6)11-10-32-16-12-18(29-3)21(31-5)19(13-16)30-4/h7-9,12-13,15H,10-11,14H2,1-6H3/p+1. The number of methoxy groups -OCH3 is 3. The molecule has 0 bridgehead atoms. The summed E-state index contributed by atoms with van der Waals surface area (Å²) >= 11 is 0. The monoisotopic (exact) mass is 475 g/mol. The highest BCUT2D eigenvalue weighted by atomic mass is 32.2. The van der Waals surface area contributed by atoms with Gasteiger partial charge >= 0.3 is 5.56 Å². The Morgan fingerprint density at radius 2 is 1.79 bits per heavy atom. The van der Waals surface area contributed by atoms with Gasteiger partial charge in [-0.25, -0.2) is 4.98 Å². The van der Waals surface area contributed by atoms with Crippen LogP contribution in [0.5, 0.6) is 28.7 Å². The van der Waals surface area contributed by atoms with E-state index in [1.807, 2.05) is 20.1 Å².